The van der Waals surface area contributed by atoms with Crippen LogP contribution in [-0.2, 0) is 18.9 Å². The number of amidine groups is 1. The molecule has 29 heavy (non-hydrogen) atoms. The van der Waals surface area contributed by atoms with Gasteiger partial charge in [-0.2, -0.15) is 13.8 Å². The van der Waals surface area contributed by atoms with E-state index < -0.39 is 0 Å². The zero-order chi connectivity index (χ0) is 20.2. The molecular formula is C21H30N2O5U. The van der Waals surface area contributed by atoms with Crippen LogP contribution in [0.25, 0.3) is 0 Å². The van der Waals surface area contributed by atoms with Gasteiger partial charge in [0.2, 0.25) is 0 Å². The van der Waals surface area contributed by atoms with Gasteiger partial charge in [0.15, 0.2) is 0 Å². The molecule has 1 heterocycles. The first-order valence-corrected chi connectivity index (χ1v) is 9.59. The van der Waals surface area contributed by atoms with E-state index in [0.717, 1.165) is 12.5 Å². The Morgan fingerprint density at radius 3 is 2.31 bits per heavy atom. The minimum Gasteiger partial charge on any atom is -0.575 e. The predicted molar refractivity (Wildman–Crippen MR) is 106 cm³/mol. The van der Waals surface area contributed by atoms with Gasteiger partial charge < -0.3 is 18.9 Å². The average Bonchev–Trinajstić information content (AvgIpc) is 2.93. The van der Waals surface area contributed by atoms with Gasteiger partial charge in [0, 0.05) is 18.8 Å². The van der Waals surface area contributed by atoms with E-state index in [0.29, 0.717) is 63.9 Å². The van der Waals surface area contributed by atoms with Crippen LogP contribution in [0, 0.1) is 49.0 Å². The topological polar surface area (TPSA) is 81.1 Å². The van der Waals surface area contributed by atoms with Crippen molar-refractivity contribution in [1.29, 1.82) is 5.41 Å². The summed E-state index contributed by atoms with van der Waals surface area (Å²) in [7, 11) is 0. The van der Waals surface area contributed by atoms with Crippen LogP contribution in [0.1, 0.15) is 36.2 Å². The largest absolute Gasteiger partial charge is 2.00 e. The molecule has 1 aliphatic heterocycles. The van der Waals surface area contributed by atoms with Crippen LogP contribution in [0.4, 0.5) is 0 Å². The Morgan fingerprint density at radius 1 is 0.966 bits per heavy atom. The normalized spacial score (nSPS) is 13.1. The molecule has 0 atom stereocenters. The maximum atomic E-state index is 12.3. The summed E-state index contributed by atoms with van der Waals surface area (Å²) in [6, 6.07) is 7.21. The number of hydrogen-bond donors (Lipinski definition) is 1. The molecule has 0 fully saturated rings. The molecule has 0 saturated heterocycles. The zero-order valence-corrected chi connectivity index (χ0v) is 21.4. The summed E-state index contributed by atoms with van der Waals surface area (Å²) in [4.78, 5) is 13.7. The van der Waals surface area contributed by atoms with Crippen molar-refractivity contribution in [2.75, 3.05) is 52.8 Å². The first-order valence-electron chi connectivity index (χ1n) is 9.59. The van der Waals surface area contributed by atoms with E-state index in [1.807, 2.05) is 32.4 Å². The zero-order valence-electron chi connectivity index (χ0n) is 17.2. The first kappa shape index (κ1) is 26.3. The SMILES string of the molecule is C[C-](C)OC[CH-]COCCOCCCOCCN1C(=N)c2ccccc2C1=O.[U+2]. The molecule has 1 aromatic rings. The van der Waals surface area contributed by atoms with Crippen LogP contribution in [0.5, 0.6) is 0 Å². The second-order valence-corrected chi connectivity index (χ2v) is 6.51. The fourth-order valence-electron chi connectivity index (χ4n) is 2.66. The van der Waals surface area contributed by atoms with E-state index in [2.05, 4.69) is 0 Å². The van der Waals surface area contributed by atoms with Gasteiger partial charge in [-0.25, -0.2) is 6.10 Å². The van der Waals surface area contributed by atoms with E-state index in [4.69, 9.17) is 24.4 Å². The van der Waals surface area contributed by atoms with Crippen LogP contribution in [0.3, 0.4) is 0 Å². The molecule has 0 radical (unpaired) electrons. The van der Waals surface area contributed by atoms with Crippen molar-refractivity contribution in [3.63, 3.8) is 0 Å². The molecule has 2 rings (SSSR count). The molecule has 0 bridgehead atoms. The van der Waals surface area contributed by atoms with E-state index in [-0.39, 0.29) is 42.9 Å². The first-order chi connectivity index (χ1) is 13.6. The minimum absolute atomic E-state index is 0. The van der Waals surface area contributed by atoms with Gasteiger partial charge in [0.05, 0.1) is 31.9 Å². The molecule has 7 nitrogen and oxygen atoms in total. The Hall–Kier alpha value is -0.748. The molecule has 1 N–H and O–H groups in total. The number of nitrogens with zero attached hydrogens (tertiary/aromatic N) is 1. The fourth-order valence-corrected chi connectivity index (χ4v) is 2.66. The number of nitrogens with one attached hydrogen (secondary N) is 1. The molecule has 8 heteroatoms. The van der Waals surface area contributed by atoms with E-state index in [1.165, 1.54) is 4.90 Å². The van der Waals surface area contributed by atoms with Gasteiger partial charge in [-0.1, -0.05) is 24.8 Å². The van der Waals surface area contributed by atoms with Gasteiger partial charge in [0.1, 0.15) is 5.84 Å². The average molecular weight is 629 g/mol. The molecule has 0 unspecified atom stereocenters. The number of benzene rings is 1. The second-order valence-electron chi connectivity index (χ2n) is 6.51. The third kappa shape index (κ3) is 9.29. The Morgan fingerprint density at radius 2 is 1.62 bits per heavy atom. The van der Waals surface area contributed by atoms with E-state index >= 15 is 0 Å². The van der Waals surface area contributed by atoms with Crippen LogP contribution >= 0.6 is 0 Å². The van der Waals surface area contributed by atoms with Crippen molar-refractivity contribution in [3.05, 3.63) is 47.9 Å². The minimum atomic E-state index is -0.126. The van der Waals surface area contributed by atoms with Crippen LogP contribution in [-0.4, -0.2) is 69.4 Å². The van der Waals surface area contributed by atoms with Gasteiger partial charge in [-0.3, -0.25) is 21.5 Å². The molecule has 0 aliphatic carbocycles. The van der Waals surface area contributed by atoms with Crippen LogP contribution in [0.2, 0.25) is 0 Å². The van der Waals surface area contributed by atoms with Gasteiger partial charge in [0.25, 0.3) is 5.91 Å². The van der Waals surface area contributed by atoms with Crippen LogP contribution < -0.4 is 0 Å². The number of carbonyl (C=O) groups is 1. The molecule has 1 aromatic carbocycles. The van der Waals surface area contributed by atoms with Crippen molar-refractivity contribution in [2.45, 2.75) is 20.3 Å². The number of carbonyl (C=O) groups excluding carboxylic acids is 1. The summed E-state index contributed by atoms with van der Waals surface area (Å²) < 4.78 is 21.7. The molecule has 1 amide bonds. The molecule has 0 saturated carbocycles. The standard InChI is InChI=1S/C21H30N2O5.U/c1-17(2)28-13-6-12-27-16-15-26-11-5-10-25-14-9-23-20(22)18-7-3-4-8-19(18)21(23)24;/h3-4,6-8,22H,5,9-16H2,1-2H3;/q-2;+2. The monoisotopic (exact) mass is 628 g/mol. The third-order valence-electron chi connectivity index (χ3n) is 4.06. The summed E-state index contributed by atoms with van der Waals surface area (Å²) in [6.07, 6.45) is 3.65. The summed E-state index contributed by atoms with van der Waals surface area (Å²) in [5, 5.41) is 8.11. The Balaban J connectivity index is 0.00000420. The van der Waals surface area contributed by atoms with Crippen LogP contribution in [0.15, 0.2) is 24.3 Å². The Kier molecular flexibility index (Phi) is 13.7. The van der Waals surface area contributed by atoms with E-state index in [9.17, 15) is 4.79 Å². The van der Waals surface area contributed by atoms with Crippen molar-refractivity contribution in [2.24, 2.45) is 0 Å². The molecule has 158 valence electrons. The van der Waals surface area contributed by atoms with E-state index in [1.54, 1.807) is 12.1 Å². The van der Waals surface area contributed by atoms with Gasteiger partial charge in [-0.05, 0) is 12.5 Å². The smallest absolute Gasteiger partial charge is 0.575 e. The molecule has 1 aliphatic rings. The number of amides is 1. The summed E-state index contributed by atoms with van der Waals surface area (Å²) in [5.74, 6) is 0.124. The third-order valence-corrected chi connectivity index (χ3v) is 4.06. The van der Waals surface area contributed by atoms with Crippen molar-refractivity contribution < 1.29 is 54.9 Å². The molecule has 0 spiro atoms. The Labute approximate surface area is 197 Å². The number of hydrogen-bond acceptors (Lipinski definition) is 6. The van der Waals surface area contributed by atoms with Gasteiger partial charge >= 0.3 is 31.1 Å². The predicted octanol–water partition coefficient (Wildman–Crippen LogP) is 2.70. The van der Waals surface area contributed by atoms with Crippen molar-refractivity contribution in [1.82, 2.24) is 4.90 Å². The maximum absolute atomic E-state index is 12.3. The summed E-state index contributed by atoms with van der Waals surface area (Å²) in [6.45, 7) is 7.99. The molecular weight excluding hydrogens is 598 g/mol. The summed E-state index contributed by atoms with van der Waals surface area (Å²) in [5.41, 5.74) is 1.28. The quantitative estimate of drug-likeness (QED) is 0.239. The molecule has 0 aromatic heterocycles. The Bertz CT molecular complexity index is 592. The van der Waals surface area contributed by atoms with Crippen molar-refractivity contribution in [3.8, 4) is 0 Å². The maximum Gasteiger partial charge on any atom is 2.00 e. The second kappa shape index (κ2) is 15.1. The fraction of sp³-hybridized carbons (Fsp3) is 0.524. The van der Waals surface area contributed by atoms with Gasteiger partial charge in [-0.15, -0.1) is 6.61 Å². The number of rotatable bonds is 15. The number of ether oxygens (including phenoxy) is 4. The number of fused-ring (bicyclic) bond motifs is 1. The van der Waals surface area contributed by atoms with Crippen molar-refractivity contribution >= 4 is 11.7 Å². The summed E-state index contributed by atoms with van der Waals surface area (Å²) >= 11 is 0.